The zero-order valence-corrected chi connectivity index (χ0v) is 5.98. The summed E-state index contributed by atoms with van der Waals surface area (Å²) in [5.41, 5.74) is 0. The molecular weight excluding hydrogens is 93.7 g/mol. The molecule has 1 heterocycles. The predicted octanol–water partition coefficient (Wildman–Crippen LogP) is 1.79. The summed E-state index contributed by atoms with van der Waals surface area (Å²) >= 11 is 0. The van der Waals surface area contributed by atoms with Gasteiger partial charge in [0.15, 0.2) is 0 Å². The maximum atomic E-state index is 2.36. The van der Waals surface area contributed by atoms with E-state index in [9.17, 15) is 0 Å². The van der Waals surface area contributed by atoms with Crippen LogP contribution in [0.2, 0.25) is 31.6 Å². The van der Waals surface area contributed by atoms with E-state index in [-0.39, 0.29) is 0 Å². The molecule has 2 heteroatoms. The Kier molecular flexibility index (Phi) is 2.04. The summed E-state index contributed by atoms with van der Waals surface area (Å²) in [6.07, 6.45) is 4.53. The second-order valence-electron chi connectivity index (χ2n) is 3.19. The van der Waals surface area contributed by atoms with Crippen LogP contribution in [0, 0.1) is 0 Å². The molecule has 0 spiro atoms. The molecule has 0 aliphatic carbocycles. The molecule has 1 aliphatic heterocycles. The molecule has 1 rings (SSSR count). The van der Waals surface area contributed by atoms with Crippen molar-refractivity contribution in [2.24, 2.45) is 0 Å². The normalized spacial score (nSPS) is 20.5. The van der Waals surface area contributed by atoms with Gasteiger partial charge in [-0.1, -0.05) is 38.5 Å². The lowest BCUT2D eigenvalue weighted by molar-refractivity contribution is 1.05. The summed E-state index contributed by atoms with van der Waals surface area (Å²) in [4.78, 5) is 0. The molecular formula is C6H14B2. The van der Waals surface area contributed by atoms with Crippen molar-refractivity contribution in [2.45, 2.75) is 38.5 Å². The highest BCUT2D eigenvalue weighted by molar-refractivity contribution is 6.70. The summed E-state index contributed by atoms with van der Waals surface area (Å²) in [5.74, 6) is 0.988. The third-order valence-electron chi connectivity index (χ3n) is 2.13. The molecule has 0 saturated carbocycles. The Hall–Kier alpha value is 0.130. The molecule has 1 saturated heterocycles. The molecule has 0 N–H and O–H groups in total. The fourth-order valence-electron chi connectivity index (χ4n) is 1.09. The summed E-state index contributed by atoms with van der Waals surface area (Å²) < 4.78 is 0. The highest BCUT2D eigenvalue weighted by Crippen LogP contribution is 2.30. The van der Waals surface area contributed by atoms with Crippen molar-refractivity contribution in [2.75, 3.05) is 0 Å². The lowest BCUT2D eigenvalue weighted by Crippen LogP contribution is -1.98. The molecule has 0 radical (unpaired) electrons. The lowest BCUT2D eigenvalue weighted by atomic mass is 9.53. The summed E-state index contributed by atoms with van der Waals surface area (Å²) in [6.45, 7) is 5.77. The largest absolute Gasteiger partial charge is 0.138 e. The van der Waals surface area contributed by atoms with Gasteiger partial charge in [-0.15, -0.1) is 0 Å². The third-order valence-corrected chi connectivity index (χ3v) is 2.13. The molecule has 0 bridgehead atoms. The van der Waals surface area contributed by atoms with E-state index in [1.807, 2.05) is 0 Å². The van der Waals surface area contributed by atoms with Crippen LogP contribution in [0.25, 0.3) is 0 Å². The van der Waals surface area contributed by atoms with Crippen LogP contribution < -0.4 is 0 Å². The molecule has 1 aliphatic rings. The van der Waals surface area contributed by atoms with Crippen molar-refractivity contribution in [1.82, 2.24) is 0 Å². The average molecular weight is 108 g/mol. The Morgan fingerprint density at radius 3 is 2.62 bits per heavy atom. The molecule has 0 aromatic heterocycles. The number of hydrogen-bond acceptors (Lipinski definition) is 0. The third kappa shape index (κ3) is 1.94. The van der Waals surface area contributed by atoms with Gasteiger partial charge in [0.1, 0.15) is 14.0 Å². The summed E-state index contributed by atoms with van der Waals surface area (Å²) in [7, 11) is 1.37. The van der Waals surface area contributed by atoms with Crippen LogP contribution >= 0.6 is 0 Å². The van der Waals surface area contributed by atoms with E-state index < -0.39 is 0 Å². The maximum absolute atomic E-state index is 2.36. The summed E-state index contributed by atoms with van der Waals surface area (Å²) in [5, 5.41) is 0. The average Bonchev–Trinajstić information content (AvgIpc) is 2.50. The first-order chi connectivity index (χ1) is 3.83. The quantitative estimate of drug-likeness (QED) is 0.483. The molecule has 1 fully saturated rings. The van der Waals surface area contributed by atoms with Gasteiger partial charge in [0, 0.05) is 0 Å². The Bertz CT molecular complexity index is 68.9. The minimum absolute atomic E-state index is 0.988. The van der Waals surface area contributed by atoms with Crippen molar-refractivity contribution >= 4 is 14.0 Å². The van der Waals surface area contributed by atoms with Crippen molar-refractivity contribution in [3.63, 3.8) is 0 Å². The van der Waals surface area contributed by atoms with Gasteiger partial charge in [0.05, 0.1) is 0 Å². The van der Waals surface area contributed by atoms with Gasteiger partial charge >= 0.3 is 0 Å². The van der Waals surface area contributed by atoms with Crippen LogP contribution in [-0.2, 0) is 0 Å². The zero-order valence-electron chi connectivity index (χ0n) is 5.98. The first-order valence-corrected chi connectivity index (χ1v) is 3.83. The number of hydrogen-bond donors (Lipinski definition) is 0. The molecule has 8 heavy (non-hydrogen) atoms. The standard InChI is InChI=1S/C6H14B2/c1-6(7-2)5-8-3-4-8/h6-7H,3-5H2,1-2H3. The van der Waals surface area contributed by atoms with Crippen molar-refractivity contribution in [1.29, 1.82) is 0 Å². The molecule has 1 unspecified atom stereocenters. The van der Waals surface area contributed by atoms with Gasteiger partial charge in [0.2, 0.25) is 0 Å². The Balaban J connectivity index is 1.98. The highest BCUT2D eigenvalue weighted by atomic mass is 14.0. The molecule has 0 aromatic rings. The van der Waals surface area contributed by atoms with E-state index >= 15 is 0 Å². The van der Waals surface area contributed by atoms with E-state index in [0.717, 1.165) is 12.5 Å². The summed E-state index contributed by atoms with van der Waals surface area (Å²) in [6, 6.07) is 0. The van der Waals surface area contributed by atoms with Crippen LogP contribution in [0.15, 0.2) is 0 Å². The first kappa shape index (κ1) is 6.25. The van der Waals surface area contributed by atoms with Gasteiger partial charge in [-0.25, -0.2) is 0 Å². The Labute approximate surface area is 53.4 Å². The van der Waals surface area contributed by atoms with Crippen molar-refractivity contribution in [3.8, 4) is 0 Å². The molecule has 44 valence electrons. The SMILES string of the molecule is CBC(C)CB1CC1. The predicted molar refractivity (Wildman–Crippen MR) is 42.6 cm³/mol. The fraction of sp³-hybridized carbons (Fsp3) is 1.00. The van der Waals surface area contributed by atoms with Gasteiger partial charge in [-0.3, -0.25) is 0 Å². The highest BCUT2D eigenvalue weighted by Gasteiger charge is 2.26. The van der Waals surface area contributed by atoms with E-state index in [1.165, 1.54) is 26.2 Å². The Morgan fingerprint density at radius 2 is 2.25 bits per heavy atom. The maximum Gasteiger partial charge on any atom is 0.138 e. The van der Waals surface area contributed by atoms with Crippen molar-refractivity contribution in [3.05, 3.63) is 0 Å². The van der Waals surface area contributed by atoms with Crippen LogP contribution in [0.5, 0.6) is 0 Å². The number of rotatable bonds is 3. The molecule has 1 atom stereocenters. The van der Waals surface area contributed by atoms with E-state index in [4.69, 9.17) is 0 Å². The Morgan fingerprint density at radius 1 is 1.62 bits per heavy atom. The van der Waals surface area contributed by atoms with Crippen LogP contribution in [0.1, 0.15) is 6.92 Å². The lowest BCUT2D eigenvalue weighted by Gasteiger charge is -2.01. The van der Waals surface area contributed by atoms with E-state index in [2.05, 4.69) is 13.7 Å². The van der Waals surface area contributed by atoms with Gasteiger partial charge < -0.3 is 0 Å². The van der Waals surface area contributed by atoms with Gasteiger partial charge in [-0.05, 0) is 0 Å². The second-order valence-corrected chi connectivity index (χ2v) is 3.19. The minimum atomic E-state index is 0.988. The van der Waals surface area contributed by atoms with Crippen molar-refractivity contribution < 1.29 is 0 Å². The van der Waals surface area contributed by atoms with E-state index in [0.29, 0.717) is 0 Å². The minimum Gasteiger partial charge on any atom is -0.0891 e. The monoisotopic (exact) mass is 108 g/mol. The van der Waals surface area contributed by atoms with Gasteiger partial charge in [0.25, 0.3) is 0 Å². The van der Waals surface area contributed by atoms with Gasteiger partial charge in [-0.2, -0.15) is 0 Å². The van der Waals surface area contributed by atoms with Crippen LogP contribution in [-0.4, -0.2) is 14.0 Å². The van der Waals surface area contributed by atoms with Crippen LogP contribution in [0.3, 0.4) is 0 Å². The molecule has 0 aromatic carbocycles. The molecule has 0 amide bonds. The van der Waals surface area contributed by atoms with Crippen LogP contribution in [0.4, 0.5) is 0 Å². The zero-order chi connectivity index (χ0) is 5.98. The fourth-order valence-corrected chi connectivity index (χ4v) is 1.09. The molecule has 0 nitrogen and oxygen atoms in total. The van der Waals surface area contributed by atoms with E-state index in [1.54, 1.807) is 0 Å². The second kappa shape index (κ2) is 2.61. The first-order valence-electron chi connectivity index (χ1n) is 3.83. The smallest absolute Gasteiger partial charge is 0.0891 e. The topological polar surface area (TPSA) is 0 Å².